The molecule has 1 aromatic rings. The molecule has 0 spiro atoms. The molecule has 2 heterocycles. The SMILES string of the molecule is FC(F)(F)c1ccc(C(F)(F)F)c(N2CCC(COC3CCCCO3)CC2)c1. The largest absolute Gasteiger partial charge is 0.418 e. The van der Waals surface area contributed by atoms with Crippen LogP contribution in [0.15, 0.2) is 18.2 Å². The third kappa shape index (κ3) is 5.31. The number of nitrogens with zero attached hydrogens (tertiary/aromatic N) is 1. The lowest BCUT2D eigenvalue weighted by Gasteiger charge is -2.36. The van der Waals surface area contributed by atoms with Gasteiger partial charge in [0.25, 0.3) is 0 Å². The van der Waals surface area contributed by atoms with E-state index in [4.69, 9.17) is 9.47 Å². The Balaban J connectivity index is 1.65. The number of benzene rings is 1. The van der Waals surface area contributed by atoms with Crippen molar-refractivity contribution in [3.8, 4) is 0 Å². The smallest absolute Gasteiger partial charge is 0.371 e. The average Bonchev–Trinajstić information content (AvgIpc) is 2.66. The van der Waals surface area contributed by atoms with Gasteiger partial charge in [0.2, 0.25) is 0 Å². The van der Waals surface area contributed by atoms with Crippen LogP contribution in [0.4, 0.5) is 32.0 Å². The quantitative estimate of drug-likeness (QED) is 0.612. The van der Waals surface area contributed by atoms with Gasteiger partial charge in [-0.2, -0.15) is 26.3 Å². The maximum Gasteiger partial charge on any atom is 0.418 e. The van der Waals surface area contributed by atoms with Crippen LogP contribution in [-0.2, 0) is 21.8 Å². The van der Waals surface area contributed by atoms with Gasteiger partial charge in [-0.25, -0.2) is 0 Å². The predicted octanol–water partition coefficient (Wildman–Crippen LogP) is 5.48. The molecular formula is C19H23F6NO2. The third-order valence-electron chi connectivity index (χ3n) is 5.24. The lowest BCUT2D eigenvalue weighted by molar-refractivity contribution is -0.169. The topological polar surface area (TPSA) is 21.7 Å². The molecule has 0 amide bonds. The van der Waals surface area contributed by atoms with E-state index in [1.165, 1.54) is 4.90 Å². The van der Waals surface area contributed by atoms with Crippen molar-refractivity contribution in [1.29, 1.82) is 0 Å². The van der Waals surface area contributed by atoms with Crippen molar-refractivity contribution in [1.82, 2.24) is 0 Å². The first-order valence-electron chi connectivity index (χ1n) is 9.41. The van der Waals surface area contributed by atoms with Crippen molar-refractivity contribution in [2.24, 2.45) is 5.92 Å². The van der Waals surface area contributed by atoms with Gasteiger partial charge in [-0.1, -0.05) is 0 Å². The molecule has 1 unspecified atom stereocenters. The fourth-order valence-corrected chi connectivity index (χ4v) is 3.64. The van der Waals surface area contributed by atoms with Gasteiger partial charge < -0.3 is 14.4 Å². The first-order valence-corrected chi connectivity index (χ1v) is 9.41. The molecule has 0 aliphatic carbocycles. The highest BCUT2D eigenvalue weighted by atomic mass is 19.4. The Morgan fingerprint density at radius 3 is 2.25 bits per heavy atom. The van der Waals surface area contributed by atoms with Crippen LogP contribution < -0.4 is 4.90 Å². The lowest BCUT2D eigenvalue weighted by Crippen LogP contribution is -2.37. The molecule has 2 saturated heterocycles. The number of rotatable bonds is 4. The first-order chi connectivity index (χ1) is 13.1. The van der Waals surface area contributed by atoms with Crippen LogP contribution in [-0.4, -0.2) is 32.6 Å². The molecule has 2 aliphatic heterocycles. The predicted molar refractivity (Wildman–Crippen MR) is 90.9 cm³/mol. The second-order valence-electron chi connectivity index (χ2n) is 7.29. The summed E-state index contributed by atoms with van der Waals surface area (Å²) in [7, 11) is 0. The van der Waals surface area contributed by atoms with E-state index in [0.29, 0.717) is 44.3 Å². The summed E-state index contributed by atoms with van der Waals surface area (Å²) in [5, 5.41) is 0. The van der Waals surface area contributed by atoms with E-state index in [1.807, 2.05) is 0 Å². The number of alkyl halides is 6. The van der Waals surface area contributed by atoms with Gasteiger partial charge in [-0.3, -0.25) is 0 Å². The highest BCUT2D eigenvalue weighted by Crippen LogP contribution is 2.41. The van der Waals surface area contributed by atoms with Crippen molar-refractivity contribution >= 4 is 5.69 Å². The molecule has 2 aliphatic rings. The van der Waals surface area contributed by atoms with Crippen molar-refractivity contribution in [3.63, 3.8) is 0 Å². The van der Waals surface area contributed by atoms with Crippen molar-refractivity contribution in [3.05, 3.63) is 29.3 Å². The molecule has 3 rings (SSSR count). The molecule has 2 fully saturated rings. The van der Waals surface area contributed by atoms with E-state index in [2.05, 4.69) is 0 Å². The van der Waals surface area contributed by atoms with Gasteiger partial charge in [-0.15, -0.1) is 0 Å². The molecule has 1 atom stereocenters. The van der Waals surface area contributed by atoms with Gasteiger partial charge in [0.15, 0.2) is 6.29 Å². The summed E-state index contributed by atoms with van der Waals surface area (Å²) >= 11 is 0. The first kappa shape index (κ1) is 21.2. The highest BCUT2D eigenvalue weighted by molar-refractivity contribution is 5.57. The van der Waals surface area contributed by atoms with Crippen LogP contribution in [0, 0.1) is 5.92 Å². The van der Waals surface area contributed by atoms with E-state index >= 15 is 0 Å². The summed E-state index contributed by atoms with van der Waals surface area (Å²) in [5.41, 5.74) is -2.52. The van der Waals surface area contributed by atoms with Crippen LogP contribution in [0.2, 0.25) is 0 Å². The monoisotopic (exact) mass is 411 g/mol. The Morgan fingerprint density at radius 2 is 1.68 bits per heavy atom. The van der Waals surface area contributed by atoms with Crippen molar-refractivity contribution in [2.75, 3.05) is 31.2 Å². The average molecular weight is 411 g/mol. The molecule has 0 bridgehead atoms. The van der Waals surface area contributed by atoms with Crippen LogP contribution >= 0.6 is 0 Å². The van der Waals surface area contributed by atoms with E-state index in [9.17, 15) is 26.3 Å². The van der Waals surface area contributed by atoms with Crippen molar-refractivity contribution in [2.45, 2.75) is 50.7 Å². The van der Waals surface area contributed by atoms with Gasteiger partial charge in [0.05, 0.1) is 17.7 Å². The number of hydrogen-bond acceptors (Lipinski definition) is 3. The lowest BCUT2D eigenvalue weighted by atomic mass is 9.96. The Bertz CT molecular complexity index is 647. The molecule has 0 N–H and O–H groups in total. The summed E-state index contributed by atoms with van der Waals surface area (Å²) in [6.45, 7) is 1.62. The Morgan fingerprint density at radius 1 is 0.964 bits per heavy atom. The standard InChI is InChI=1S/C19H23F6NO2/c20-18(21,22)14-4-5-15(19(23,24)25)16(11-14)26-8-6-13(7-9-26)12-28-17-3-1-2-10-27-17/h4-5,11,13,17H,1-3,6-10,12H2. The van der Waals surface area contributed by atoms with Crippen LogP contribution in [0.3, 0.4) is 0 Å². The fourth-order valence-electron chi connectivity index (χ4n) is 3.64. The molecule has 28 heavy (non-hydrogen) atoms. The summed E-state index contributed by atoms with van der Waals surface area (Å²) in [5.74, 6) is 0.155. The number of piperidine rings is 1. The molecule has 1 aromatic carbocycles. The number of ether oxygens (including phenoxy) is 2. The second-order valence-corrected chi connectivity index (χ2v) is 7.29. The molecule has 3 nitrogen and oxygen atoms in total. The number of anilines is 1. The molecule has 0 radical (unpaired) electrons. The zero-order chi connectivity index (χ0) is 20.4. The summed E-state index contributed by atoms with van der Waals surface area (Å²) < 4.78 is 90.0. The van der Waals surface area contributed by atoms with Crippen LogP contribution in [0.25, 0.3) is 0 Å². The minimum Gasteiger partial charge on any atom is -0.371 e. The molecule has 9 heteroatoms. The normalized spacial score (nSPS) is 22.5. The van der Waals surface area contributed by atoms with Gasteiger partial charge >= 0.3 is 12.4 Å². The second kappa shape index (κ2) is 8.49. The maximum absolute atomic E-state index is 13.3. The van der Waals surface area contributed by atoms with Gasteiger partial charge in [0.1, 0.15) is 0 Å². The van der Waals surface area contributed by atoms with Crippen molar-refractivity contribution < 1.29 is 35.8 Å². The zero-order valence-electron chi connectivity index (χ0n) is 15.3. The Hall–Kier alpha value is -1.48. The summed E-state index contributed by atoms with van der Waals surface area (Å²) in [6.07, 6.45) is -5.64. The van der Waals surface area contributed by atoms with E-state index < -0.39 is 29.2 Å². The molecular weight excluding hydrogens is 388 g/mol. The third-order valence-corrected chi connectivity index (χ3v) is 5.24. The minimum atomic E-state index is -4.71. The Kier molecular flexibility index (Phi) is 6.44. The van der Waals surface area contributed by atoms with Gasteiger partial charge in [-0.05, 0) is 56.2 Å². The number of hydrogen-bond donors (Lipinski definition) is 0. The van der Waals surface area contributed by atoms with E-state index in [0.717, 1.165) is 19.3 Å². The summed E-state index contributed by atoms with van der Waals surface area (Å²) in [4.78, 5) is 1.39. The Labute approximate surface area is 159 Å². The van der Waals surface area contributed by atoms with Crippen LogP contribution in [0.5, 0.6) is 0 Å². The fraction of sp³-hybridized carbons (Fsp3) is 0.684. The molecule has 0 saturated carbocycles. The van der Waals surface area contributed by atoms with Crippen LogP contribution in [0.1, 0.15) is 43.2 Å². The number of halogens is 6. The maximum atomic E-state index is 13.3. The zero-order valence-corrected chi connectivity index (χ0v) is 15.3. The van der Waals surface area contributed by atoms with Gasteiger partial charge in [0, 0.05) is 25.4 Å². The molecule has 0 aromatic heterocycles. The minimum absolute atomic E-state index is 0.155. The molecule has 158 valence electrons. The van der Waals surface area contributed by atoms with E-state index in [1.54, 1.807) is 0 Å². The summed E-state index contributed by atoms with van der Waals surface area (Å²) in [6, 6.07) is 1.61. The highest BCUT2D eigenvalue weighted by Gasteiger charge is 2.39. The van der Waals surface area contributed by atoms with E-state index in [-0.39, 0.29) is 25.3 Å².